The smallest absolute Gasteiger partial charge is 0.410 e. The third-order valence-corrected chi connectivity index (χ3v) is 5.22. The first-order chi connectivity index (χ1) is 10.7. The van der Waals surface area contributed by atoms with E-state index in [4.69, 9.17) is 4.74 Å². The van der Waals surface area contributed by atoms with Crippen LogP contribution < -0.4 is 5.32 Å². The fraction of sp³-hybridized carbons (Fsp3) is 0.944. The average Bonchev–Trinajstić information content (AvgIpc) is 2.44. The Balaban J connectivity index is 1.65. The van der Waals surface area contributed by atoms with Crippen LogP contribution in [-0.2, 0) is 4.74 Å². The molecule has 2 fully saturated rings. The Morgan fingerprint density at radius 1 is 1.35 bits per heavy atom. The van der Waals surface area contributed by atoms with E-state index in [9.17, 15) is 9.90 Å². The summed E-state index contributed by atoms with van der Waals surface area (Å²) in [6.45, 7) is 10.3. The highest BCUT2D eigenvalue weighted by molar-refractivity contribution is 5.68. The third-order valence-electron chi connectivity index (χ3n) is 5.22. The third kappa shape index (κ3) is 5.35. The molecule has 0 aromatic heterocycles. The Kier molecular flexibility index (Phi) is 5.95. The lowest BCUT2D eigenvalue weighted by Gasteiger charge is -2.52. The quantitative estimate of drug-likeness (QED) is 0.815. The predicted octanol–water partition coefficient (Wildman–Crippen LogP) is 2.92. The molecule has 1 atom stereocenters. The second kappa shape index (κ2) is 7.39. The predicted molar refractivity (Wildman–Crippen MR) is 91.4 cm³/mol. The second-order valence-electron chi connectivity index (χ2n) is 8.38. The van der Waals surface area contributed by atoms with Crippen LogP contribution in [-0.4, -0.2) is 53.5 Å². The van der Waals surface area contributed by atoms with Crippen LogP contribution in [0.4, 0.5) is 4.79 Å². The lowest BCUT2D eigenvalue weighted by Crippen LogP contribution is -2.55. The monoisotopic (exact) mass is 326 g/mol. The van der Waals surface area contributed by atoms with E-state index < -0.39 is 5.60 Å². The zero-order valence-corrected chi connectivity index (χ0v) is 15.2. The topological polar surface area (TPSA) is 61.8 Å². The first-order valence-electron chi connectivity index (χ1n) is 9.12. The number of piperidine rings is 1. The van der Waals surface area contributed by atoms with Gasteiger partial charge in [-0.3, -0.25) is 0 Å². The van der Waals surface area contributed by atoms with E-state index in [0.29, 0.717) is 11.5 Å². The van der Waals surface area contributed by atoms with Crippen molar-refractivity contribution in [3.63, 3.8) is 0 Å². The van der Waals surface area contributed by atoms with Gasteiger partial charge in [-0.1, -0.05) is 6.92 Å². The van der Waals surface area contributed by atoms with Crippen molar-refractivity contribution in [3.8, 4) is 0 Å². The van der Waals surface area contributed by atoms with Crippen molar-refractivity contribution in [2.45, 2.75) is 84.0 Å². The van der Waals surface area contributed by atoms with Gasteiger partial charge >= 0.3 is 6.09 Å². The Labute approximate surface area is 140 Å². The van der Waals surface area contributed by atoms with Gasteiger partial charge in [0.2, 0.25) is 0 Å². The lowest BCUT2D eigenvalue weighted by atomic mass is 9.60. The van der Waals surface area contributed by atoms with Crippen molar-refractivity contribution in [2.75, 3.05) is 19.6 Å². The van der Waals surface area contributed by atoms with Gasteiger partial charge in [0, 0.05) is 19.1 Å². The number of nitrogens with zero attached hydrogens (tertiary/aromatic N) is 1. The SMILES string of the molecule is CCC(O)CCNC1CC2(CCN(C(=O)OC(C)(C)C)CC2)C1. The molecule has 1 amide bonds. The first kappa shape index (κ1) is 18.5. The van der Waals surface area contributed by atoms with Gasteiger partial charge in [-0.15, -0.1) is 0 Å². The van der Waals surface area contributed by atoms with Gasteiger partial charge < -0.3 is 20.1 Å². The number of hydrogen-bond acceptors (Lipinski definition) is 4. The molecule has 23 heavy (non-hydrogen) atoms. The standard InChI is InChI=1S/C18H34N2O3/c1-5-15(21)6-9-19-14-12-18(13-14)7-10-20(11-8-18)16(22)23-17(2,3)4/h14-15,19,21H,5-13H2,1-4H3. The Morgan fingerprint density at radius 2 is 1.96 bits per heavy atom. The Morgan fingerprint density at radius 3 is 2.48 bits per heavy atom. The minimum absolute atomic E-state index is 0.171. The minimum Gasteiger partial charge on any atom is -0.444 e. The Hall–Kier alpha value is -0.810. The molecule has 5 nitrogen and oxygen atoms in total. The molecule has 1 aliphatic heterocycles. The number of aliphatic hydroxyl groups is 1. The molecule has 1 saturated heterocycles. The van der Waals surface area contributed by atoms with E-state index >= 15 is 0 Å². The van der Waals surface area contributed by atoms with Gasteiger partial charge in [0.1, 0.15) is 5.60 Å². The Bertz CT molecular complexity index is 390. The average molecular weight is 326 g/mol. The summed E-state index contributed by atoms with van der Waals surface area (Å²) >= 11 is 0. The van der Waals surface area contributed by atoms with E-state index in [1.54, 1.807) is 0 Å². The van der Waals surface area contributed by atoms with Crippen LogP contribution in [0.2, 0.25) is 0 Å². The molecule has 1 saturated carbocycles. The van der Waals surface area contributed by atoms with E-state index in [1.165, 1.54) is 12.8 Å². The number of hydrogen-bond donors (Lipinski definition) is 2. The van der Waals surface area contributed by atoms with Crippen molar-refractivity contribution in [3.05, 3.63) is 0 Å². The van der Waals surface area contributed by atoms with Gasteiger partial charge in [0.25, 0.3) is 0 Å². The van der Waals surface area contributed by atoms with Gasteiger partial charge in [-0.25, -0.2) is 4.79 Å². The molecule has 5 heteroatoms. The van der Waals surface area contributed by atoms with E-state index in [1.807, 2.05) is 32.6 Å². The molecular formula is C18H34N2O3. The molecule has 0 radical (unpaired) electrons. The highest BCUT2D eigenvalue weighted by atomic mass is 16.6. The molecule has 0 bridgehead atoms. The highest BCUT2D eigenvalue weighted by Crippen LogP contribution is 2.49. The van der Waals surface area contributed by atoms with Crippen LogP contribution in [0.3, 0.4) is 0 Å². The van der Waals surface area contributed by atoms with E-state index in [2.05, 4.69) is 5.32 Å². The van der Waals surface area contributed by atoms with Gasteiger partial charge in [-0.05, 0) is 71.3 Å². The van der Waals surface area contributed by atoms with Crippen molar-refractivity contribution < 1.29 is 14.6 Å². The fourth-order valence-electron chi connectivity index (χ4n) is 3.69. The van der Waals surface area contributed by atoms with Crippen LogP contribution in [0.25, 0.3) is 0 Å². The minimum atomic E-state index is -0.416. The van der Waals surface area contributed by atoms with E-state index in [0.717, 1.165) is 45.3 Å². The van der Waals surface area contributed by atoms with Crippen LogP contribution in [0.1, 0.15) is 66.2 Å². The normalized spacial score (nSPS) is 22.7. The maximum absolute atomic E-state index is 12.1. The summed E-state index contributed by atoms with van der Waals surface area (Å²) in [5.74, 6) is 0. The number of carbonyl (C=O) groups is 1. The summed E-state index contributed by atoms with van der Waals surface area (Å²) in [7, 11) is 0. The number of amides is 1. The molecule has 1 aliphatic carbocycles. The summed E-state index contributed by atoms with van der Waals surface area (Å²) in [5, 5.41) is 13.1. The molecule has 1 heterocycles. The summed E-state index contributed by atoms with van der Waals surface area (Å²) in [5.41, 5.74) is 0.0142. The van der Waals surface area contributed by atoms with E-state index in [-0.39, 0.29) is 12.2 Å². The number of carbonyl (C=O) groups excluding carboxylic acids is 1. The number of ether oxygens (including phenoxy) is 1. The van der Waals surface area contributed by atoms with Gasteiger partial charge in [0.05, 0.1) is 6.10 Å². The van der Waals surface area contributed by atoms with Crippen LogP contribution >= 0.6 is 0 Å². The molecule has 134 valence electrons. The number of rotatable bonds is 5. The van der Waals surface area contributed by atoms with Crippen molar-refractivity contribution in [2.24, 2.45) is 5.41 Å². The largest absolute Gasteiger partial charge is 0.444 e. The summed E-state index contributed by atoms with van der Waals surface area (Å²) in [4.78, 5) is 14.0. The lowest BCUT2D eigenvalue weighted by molar-refractivity contribution is -0.0165. The van der Waals surface area contributed by atoms with Crippen molar-refractivity contribution in [1.82, 2.24) is 10.2 Å². The zero-order chi connectivity index (χ0) is 17.1. The molecule has 2 aliphatic rings. The fourth-order valence-corrected chi connectivity index (χ4v) is 3.69. The number of aliphatic hydroxyl groups excluding tert-OH is 1. The highest BCUT2D eigenvalue weighted by Gasteiger charge is 2.46. The maximum atomic E-state index is 12.1. The molecular weight excluding hydrogens is 292 g/mol. The molecule has 0 aromatic rings. The maximum Gasteiger partial charge on any atom is 0.410 e. The number of nitrogens with one attached hydrogen (secondary N) is 1. The molecule has 1 spiro atoms. The molecule has 2 N–H and O–H groups in total. The van der Waals surface area contributed by atoms with Crippen molar-refractivity contribution in [1.29, 1.82) is 0 Å². The van der Waals surface area contributed by atoms with Gasteiger partial charge in [-0.2, -0.15) is 0 Å². The molecule has 1 unspecified atom stereocenters. The number of likely N-dealkylation sites (tertiary alicyclic amines) is 1. The first-order valence-corrected chi connectivity index (χ1v) is 9.12. The zero-order valence-electron chi connectivity index (χ0n) is 15.2. The summed E-state index contributed by atoms with van der Waals surface area (Å²) in [6, 6.07) is 0.590. The second-order valence-corrected chi connectivity index (χ2v) is 8.38. The van der Waals surface area contributed by atoms with Crippen LogP contribution in [0, 0.1) is 5.41 Å². The molecule has 0 aromatic carbocycles. The van der Waals surface area contributed by atoms with Crippen LogP contribution in [0.15, 0.2) is 0 Å². The van der Waals surface area contributed by atoms with Gasteiger partial charge in [0.15, 0.2) is 0 Å². The van der Waals surface area contributed by atoms with Crippen LogP contribution in [0.5, 0.6) is 0 Å². The molecule has 2 rings (SSSR count). The summed E-state index contributed by atoms with van der Waals surface area (Å²) < 4.78 is 5.46. The summed E-state index contributed by atoms with van der Waals surface area (Å²) in [6.07, 6.45) is 5.91. The van der Waals surface area contributed by atoms with Crippen molar-refractivity contribution >= 4 is 6.09 Å².